The van der Waals surface area contributed by atoms with Crippen molar-refractivity contribution in [2.45, 2.75) is 19.4 Å². The predicted octanol–water partition coefficient (Wildman–Crippen LogP) is 4.88. The number of hydrogen-bond acceptors (Lipinski definition) is 3. The van der Waals surface area contributed by atoms with E-state index in [1.54, 1.807) is 0 Å². The zero-order chi connectivity index (χ0) is 22.6. The third-order valence-corrected chi connectivity index (χ3v) is 6.65. The SMILES string of the molecule is Cn1c(CN2CCCC(CNC(=O)c3ccc(-c4ccccc4)cc3)C2)nc2ccccc21. The lowest BCUT2D eigenvalue weighted by molar-refractivity contribution is 0.0929. The maximum Gasteiger partial charge on any atom is 0.251 e. The first-order chi connectivity index (χ1) is 16.2. The van der Waals surface area contributed by atoms with Crippen LogP contribution in [-0.4, -0.2) is 40.0 Å². The molecule has 3 aromatic carbocycles. The Kier molecular flexibility index (Phi) is 6.22. The maximum atomic E-state index is 12.7. The largest absolute Gasteiger partial charge is 0.352 e. The molecule has 1 saturated heterocycles. The fraction of sp³-hybridized carbons (Fsp3) is 0.286. The summed E-state index contributed by atoms with van der Waals surface area (Å²) in [6, 6.07) is 26.4. The lowest BCUT2D eigenvalue weighted by Crippen LogP contribution is -2.40. The van der Waals surface area contributed by atoms with E-state index >= 15 is 0 Å². The highest BCUT2D eigenvalue weighted by Gasteiger charge is 2.22. The summed E-state index contributed by atoms with van der Waals surface area (Å²) in [7, 11) is 2.09. The van der Waals surface area contributed by atoms with E-state index in [0.717, 1.165) is 54.9 Å². The van der Waals surface area contributed by atoms with Crippen molar-refractivity contribution in [2.24, 2.45) is 13.0 Å². The number of nitrogens with zero attached hydrogens (tertiary/aromatic N) is 3. The van der Waals surface area contributed by atoms with E-state index in [9.17, 15) is 4.79 Å². The van der Waals surface area contributed by atoms with Crippen LogP contribution in [0.15, 0.2) is 78.9 Å². The van der Waals surface area contributed by atoms with Gasteiger partial charge in [0.05, 0.1) is 17.6 Å². The molecular weight excluding hydrogens is 408 g/mol. The third-order valence-electron chi connectivity index (χ3n) is 6.65. The number of hydrogen-bond donors (Lipinski definition) is 1. The normalized spacial score (nSPS) is 16.7. The second-order valence-electron chi connectivity index (χ2n) is 8.97. The van der Waals surface area contributed by atoms with Crippen LogP contribution in [0.5, 0.6) is 0 Å². The van der Waals surface area contributed by atoms with Crippen molar-refractivity contribution < 1.29 is 4.79 Å². The standard InChI is InChI=1S/C28H30N4O/c1-31-26-12-6-5-11-25(26)30-27(31)20-32-17-7-8-21(19-32)18-29-28(33)24-15-13-23(14-16-24)22-9-3-2-4-10-22/h2-6,9-16,21H,7-8,17-20H2,1H3,(H,29,33). The lowest BCUT2D eigenvalue weighted by Gasteiger charge is -2.32. The van der Waals surface area contributed by atoms with Crippen molar-refractivity contribution in [3.05, 3.63) is 90.3 Å². The lowest BCUT2D eigenvalue weighted by atomic mass is 9.97. The fourth-order valence-corrected chi connectivity index (χ4v) is 4.78. The number of rotatable bonds is 6. The molecule has 2 heterocycles. The minimum Gasteiger partial charge on any atom is -0.352 e. The Balaban J connectivity index is 1.16. The van der Waals surface area contributed by atoms with Crippen LogP contribution in [0.3, 0.4) is 0 Å². The molecule has 168 valence electrons. The van der Waals surface area contributed by atoms with Crippen LogP contribution >= 0.6 is 0 Å². The van der Waals surface area contributed by atoms with Gasteiger partial charge in [-0.3, -0.25) is 9.69 Å². The number of carbonyl (C=O) groups is 1. The van der Waals surface area contributed by atoms with E-state index in [1.807, 2.05) is 48.5 Å². The first-order valence-corrected chi connectivity index (χ1v) is 11.7. The number of aryl methyl sites for hydroxylation is 1. The van der Waals surface area contributed by atoms with E-state index in [4.69, 9.17) is 4.98 Å². The summed E-state index contributed by atoms with van der Waals surface area (Å²) >= 11 is 0. The predicted molar refractivity (Wildman–Crippen MR) is 133 cm³/mol. The number of benzene rings is 3. The minimum atomic E-state index is 0.00193. The summed E-state index contributed by atoms with van der Waals surface area (Å²) < 4.78 is 2.19. The van der Waals surface area contributed by atoms with Crippen molar-refractivity contribution in [3.63, 3.8) is 0 Å². The Morgan fingerprint density at radius 1 is 0.970 bits per heavy atom. The maximum absolute atomic E-state index is 12.7. The van der Waals surface area contributed by atoms with Crippen molar-refractivity contribution in [1.82, 2.24) is 19.8 Å². The molecule has 1 unspecified atom stereocenters. The van der Waals surface area contributed by atoms with Gasteiger partial charge in [-0.1, -0.05) is 54.6 Å². The second kappa shape index (κ2) is 9.59. The number of para-hydroxylation sites is 2. The number of carbonyl (C=O) groups excluding carboxylic acids is 1. The van der Waals surface area contributed by atoms with Gasteiger partial charge in [-0.05, 0) is 60.7 Å². The number of piperidine rings is 1. The van der Waals surface area contributed by atoms with Gasteiger partial charge < -0.3 is 9.88 Å². The van der Waals surface area contributed by atoms with E-state index in [1.165, 1.54) is 5.52 Å². The zero-order valence-corrected chi connectivity index (χ0v) is 19.1. The Labute approximate surface area is 195 Å². The average molecular weight is 439 g/mol. The molecule has 1 aliphatic heterocycles. The molecule has 1 amide bonds. The molecule has 0 saturated carbocycles. The molecule has 0 radical (unpaired) electrons. The Bertz CT molecular complexity index is 1230. The molecular formula is C28H30N4O. The van der Waals surface area contributed by atoms with E-state index in [-0.39, 0.29) is 5.91 Å². The van der Waals surface area contributed by atoms with Crippen molar-refractivity contribution >= 4 is 16.9 Å². The van der Waals surface area contributed by atoms with Crippen LogP contribution in [0.25, 0.3) is 22.2 Å². The molecule has 1 aromatic heterocycles. The van der Waals surface area contributed by atoms with Gasteiger partial charge in [0.25, 0.3) is 5.91 Å². The number of imidazole rings is 1. The second-order valence-corrected chi connectivity index (χ2v) is 8.97. The van der Waals surface area contributed by atoms with Gasteiger partial charge in [-0.15, -0.1) is 0 Å². The quantitative estimate of drug-likeness (QED) is 0.467. The van der Waals surface area contributed by atoms with Gasteiger partial charge in [-0.2, -0.15) is 0 Å². The highest BCUT2D eigenvalue weighted by molar-refractivity contribution is 5.94. The highest BCUT2D eigenvalue weighted by Crippen LogP contribution is 2.21. The van der Waals surface area contributed by atoms with Gasteiger partial charge in [0.1, 0.15) is 5.82 Å². The van der Waals surface area contributed by atoms with Gasteiger partial charge >= 0.3 is 0 Å². The fourth-order valence-electron chi connectivity index (χ4n) is 4.78. The molecule has 0 spiro atoms. The Hall–Kier alpha value is -3.44. The van der Waals surface area contributed by atoms with Gasteiger partial charge in [-0.25, -0.2) is 4.98 Å². The highest BCUT2D eigenvalue weighted by atomic mass is 16.1. The molecule has 1 aliphatic rings. The molecule has 0 bridgehead atoms. The van der Waals surface area contributed by atoms with Gasteiger partial charge in [0.15, 0.2) is 0 Å². The summed E-state index contributed by atoms with van der Waals surface area (Å²) in [4.78, 5) is 20.0. The Morgan fingerprint density at radius 3 is 2.48 bits per heavy atom. The minimum absolute atomic E-state index is 0.00193. The summed E-state index contributed by atoms with van der Waals surface area (Å²) in [6.45, 7) is 3.61. The zero-order valence-electron chi connectivity index (χ0n) is 19.1. The molecule has 33 heavy (non-hydrogen) atoms. The number of aromatic nitrogens is 2. The van der Waals surface area contributed by atoms with E-state index < -0.39 is 0 Å². The first-order valence-electron chi connectivity index (χ1n) is 11.7. The molecule has 1 N–H and O–H groups in total. The number of nitrogens with one attached hydrogen (secondary N) is 1. The smallest absolute Gasteiger partial charge is 0.251 e. The number of likely N-dealkylation sites (tertiary alicyclic amines) is 1. The summed E-state index contributed by atoms with van der Waals surface area (Å²) in [5.74, 6) is 1.56. The molecule has 5 rings (SSSR count). The third kappa shape index (κ3) is 4.83. The molecule has 1 atom stereocenters. The molecule has 1 fully saturated rings. The van der Waals surface area contributed by atoms with Crippen LogP contribution in [0.1, 0.15) is 29.0 Å². The van der Waals surface area contributed by atoms with Crippen molar-refractivity contribution in [2.75, 3.05) is 19.6 Å². The molecule has 5 heteroatoms. The van der Waals surface area contributed by atoms with Crippen LogP contribution < -0.4 is 5.32 Å². The van der Waals surface area contributed by atoms with E-state index in [0.29, 0.717) is 18.0 Å². The van der Waals surface area contributed by atoms with Crippen LogP contribution in [0.4, 0.5) is 0 Å². The van der Waals surface area contributed by atoms with Crippen molar-refractivity contribution in [3.8, 4) is 11.1 Å². The summed E-state index contributed by atoms with van der Waals surface area (Å²) in [6.07, 6.45) is 2.29. The molecule has 4 aromatic rings. The Morgan fingerprint density at radius 2 is 1.70 bits per heavy atom. The molecule has 5 nitrogen and oxygen atoms in total. The molecule has 0 aliphatic carbocycles. The van der Waals surface area contributed by atoms with Crippen molar-refractivity contribution in [1.29, 1.82) is 0 Å². The summed E-state index contributed by atoms with van der Waals surface area (Å²) in [5, 5.41) is 3.16. The summed E-state index contributed by atoms with van der Waals surface area (Å²) in [5.41, 5.74) is 5.21. The first kappa shape index (κ1) is 21.4. The van der Waals surface area contributed by atoms with Crippen LogP contribution in [-0.2, 0) is 13.6 Å². The number of amides is 1. The van der Waals surface area contributed by atoms with Crippen LogP contribution in [0.2, 0.25) is 0 Å². The number of fused-ring (bicyclic) bond motifs is 1. The average Bonchev–Trinajstić information content (AvgIpc) is 3.18. The van der Waals surface area contributed by atoms with Gasteiger partial charge in [0.2, 0.25) is 0 Å². The topological polar surface area (TPSA) is 50.2 Å². The van der Waals surface area contributed by atoms with Gasteiger partial charge in [0, 0.05) is 25.7 Å². The van der Waals surface area contributed by atoms with Crippen LogP contribution in [0, 0.1) is 5.92 Å². The van der Waals surface area contributed by atoms with E-state index in [2.05, 4.69) is 52.2 Å². The monoisotopic (exact) mass is 438 g/mol.